The Hall–Kier alpha value is -0.820. The molecule has 6 nitrogen and oxygen atoms in total. The van der Waals surface area contributed by atoms with Gasteiger partial charge in [-0.1, -0.05) is 6.92 Å². The van der Waals surface area contributed by atoms with Crippen LogP contribution in [-0.4, -0.2) is 61.8 Å². The van der Waals surface area contributed by atoms with E-state index in [2.05, 4.69) is 0 Å². The van der Waals surface area contributed by atoms with Gasteiger partial charge in [0.25, 0.3) is 0 Å². The molecule has 0 saturated carbocycles. The number of hydrogen-bond acceptors (Lipinski definition) is 4. The maximum atomic E-state index is 12.0. The largest absolute Gasteiger partial charge is 0.444 e. The summed E-state index contributed by atoms with van der Waals surface area (Å²) < 4.78 is 30.8. The molecule has 22 heavy (non-hydrogen) atoms. The van der Waals surface area contributed by atoms with Crippen molar-refractivity contribution in [3.63, 3.8) is 0 Å². The molecular formula is C15H30N2O4S. The number of rotatable bonds is 5. The molecule has 1 aliphatic heterocycles. The monoisotopic (exact) mass is 334 g/mol. The Morgan fingerprint density at radius 3 is 2.27 bits per heavy atom. The van der Waals surface area contributed by atoms with Crippen LogP contribution >= 0.6 is 0 Å². The van der Waals surface area contributed by atoms with Gasteiger partial charge in [-0.15, -0.1) is 0 Å². The third-order valence-electron chi connectivity index (χ3n) is 3.72. The van der Waals surface area contributed by atoms with Crippen molar-refractivity contribution < 1.29 is 17.9 Å². The second-order valence-electron chi connectivity index (χ2n) is 7.01. The van der Waals surface area contributed by atoms with Crippen LogP contribution in [0.5, 0.6) is 0 Å². The summed E-state index contributed by atoms with van der Waals surface area (Å²) in [7, 11) is -1.49. The number of ether oxygens (including phenoxy) is 1. The van der Waals surface area contributed by atoms with Gasteiger partial charge < -0.3 is 9.64 Å². The zero-order valence-electron chi connectivity index (χ0n) is 14.5. The SMILES string of the molecule is CCCS(=O)(=O)N(C)CC1CCN(C(=O)OC(C)(C)C)CC1. The predicted molar refractivity (Wildman–Crippen MR) is 87.2 cm³/mol. The van der Waals surface area contributed by atoms with E-state index in [1.807, 2.05) is 27.7 Å². The lowest BCUT2D eigenvalue weighted by molar-refractivity contribution is 0.0179. The van der Waals surface area contributed by atoms with Gasteiger partial charge in [-0.2, -0.15) is 0 Å². The summed E-state index contributed by atoms with van der Waals surface area (Å²) in [6, 6.07) is 0. The number of carbonyl (C=O) groups is 1. The maximum absolute atomic E-state index is 12.0. The van der Waals surface area contributed by atoms with Gasteiger partial charge in [-0.05, 0) is 46.0 Å². The Balaban J connectivity index is 2.44. The maximum Gasteiger partial charge on any atom is 0.410 e. The van der Waals surface area contributed by atoms with Crippen LogP contribution in [0.2, 0.25) is 0 Å². The number of amides is 1. The first-order chi connectivity index (χ1) is 10.0. The first-order valence-electron chi connectivity index (χ1n) is 7.97. The van der Waals surface area contributed by atoms with Crippen molar-refractivity contribution >= 4 is 16.1 Å². The van der Waals surface area contributed by atoms with Crippen LogP contribution < -0.4 is 0 Å². The smallest absolute Gasteiger partial charge is 0.410 e. The molecule has 0 atom stereocenters. The van der Waals surface area contributed by atoms with E-state index in [-0.39, 0.29) is 11.8 Å². The summed E-state index contributed by atoms with van der Waals surface area (Å²) in [5.41, 5.74) is -0.484. The van der Waals surface area contributed by atoms with Crippen molar-refractivity contribution in [1.29, 1.82) is 0 Å². The number of sulfonamides is 1. The van der Waals surface area contributed by atoms with Crippen molar-refractivity contribution in [2.45, 2.75) is 52.6 Å². The number of likely N-dealkylation sites (tertiary alicyclic amines) is 1. The van der Waals surface area contributed by atoms with Gasteiger partial charge in [0.15, 0.2) is 0 Å². The number of carbonyl (C=O) groups excluding carboxylic acids is 1. The van der Waals surface area contributed by atoms with E-state index in [9.17, 15) is 13.2 Å². The molecule has 0 aliphatic carbocycles. The van der Waals surface area contributed by atoms with Crippen LogP contribution in [0.25, 0.3) is 0 Å². The van der Waals surface area contributed by atoms with E-state index in [0.29, 0.717) is 32.0 Å². The molecule has 1 aliphatic rings. The Labute approximate surface area is 134 Å². The van der Waals surface area contributed by atoms with Gasteiger partial charge in [0.05, 0.1) is 5.75 Å². The Morgan fingerprint density at radius 2 is 1.82 bits per heavy atom. The molecule has 1 rings (SSSR count). The molecule has 1 amide bonds. The molecule has 0 N–H and O–H groups in total. The van der Waals surface area contributed by atoms with Crippen LogP contribution in [0.3, 0.4) is 0 Å². The molecule has 0 aromatic carbocycles. The molecule has 0 aromatic rings. The first kappa shape index (κ1) is 19.2. The summed E-state index contributed by atoms with van der Waals surface area (Å²) in [6.07, 6.45) is 1.97. The lowest BCUT2D eigenvalue weighted by atomic mass is 9.97. The van der Waals surface area contributed by atoms with Crippen molar-refractivity contribution in [3.8, 4) is 0 Å². The van der Waals surface area contributed by atoms with Crippen LogP contribution in [0, 0.1) is 5.92 Å². The fourth-order valence-electron chi connectivity index (χ4n) is 2.52. The van der Waals surface area contributed by atoms with Gasteiger partial charge in [0.1, 0.15) is 5.60 Å². The third kappa shape index (κ3) is 6.12. The molecule has 0 aromatic heterocycles. The predicted octanol–water partition coefficient (Wildman–Crippen LogP) is 2.31. The van der Waals surface area contributed by atoms with E-state index in [1.165, 1.54) is 4.31 Å². The van der Waals surface area contributed by atoms with Crippen molar-refractivity contribution in [2.75, 3.05) is 32.4 Å². The lowest BCUT2D eigenvalue weighted by Gasteiger charge is -2.34. The fourth-order valence-corrected chi connectivity index (χ4v) is 3.78. The van der Waals surface area contributed by atoms with E-state index in [0.717, 1.165) is 12.8 Å². The van der Waals surface area contributed by atoms with Gasteiger partial charge in [0, 0.05) is 26.7 Å². The average Bonchev–Trinajstić information content (AvgIpc) is 2.37. The van der Waals surface area contributed by atoms with Gasteiger partial charge in [0.2, 0.25) is 10.0 Å². The Bertz CT molecular complexity index is 462. The highest BCUT2D eigenvalue weighted by Crippen LogP contribution is 2.21. The highest BCUT2D eigenvalue weighted by atomic mass is 32.2. The molecular weight excluding hydrogens is 304 g/mol. The van der Waals surface area contributed by atoms with E-state index >= 15 is 0 Å². The quantitative estimate of drug-likeness (QED) is 0.774. The minimum Gasteiger partial charge on any atom is -0.444 e. The number of piperidine rings is 1. The average molecular weight is 334 g/mol. The van der Waals surface area contributed by atoms with Crippen LogP contribution in [-0.2, 0) is 14.8 Å². The molecule has 7 heteroatoms. The Morgan fingerprint density at radius 1 is 1.27 bits per heavy atom. The van der Waals surface area contributed by atoms with Gasteiger partial charge in [-0.25, -0.2) is 17.5 Å². The molecule has 1 saturated heterocycles. The minimum atomic E-state index is -3.14. The zero-order valence-corrected chi connectivity index (χ0v) is 15.3. The minimum absolute atomic E-state index is 0.195. The van der Waals surface area contributed by atoms with Crippen LogP contribution in [0.1, 0.15) is 47.0 Å². The molecule has 0 radical (unpaired) electrons. The Kier molecular flexibility index (Phi) is 6.67. The number of hydrogen-bond donors (Lipinski definition) is 0. The fraction of sp³-hybridized carbons (Fsp3) is 0.933. The van der Waals surface area contributed by atoms with E-state index in [1.54, 1.807) is 11.9 Å². The topological polar surface area (TPSA) is 66.9 Å². The second-order valence-corrected chi connectivity index (χ2v) is 9.20. The highest BCUT2D eigenvalue weighted by molar-refractivity contribution is 7.89. The summed E-state index contributed by atoms with van der Waals surface area (Å²) in [4.78, 5) is 13.7. The van der Waals surface area contributed by atoms with E-state index < -0.39 is 15.6 Å². The summed E-state index contributed by atoms with van der Waals surface area (Å²) in [5.74, 6) is 0.496. The summed E-state index contributed by atoms with van der Waals surface area (Å²) >= 11 is 0. The van der Waals surface area contributed by atoms with Gasteiger partial charge in [-0.3, -0.25) is 0 Å². The van der Waals surface area contributed by atoms with Crippen molar-refractivity contribution in [1.82, 2.24) is 9.21 Å². The third-order valence-corrected chi connectivity index (χ3v) is 5.74. The lowest BCUT2D eigenvalue weighted by Crippen LogP contribution is -2.44. The number of nitrogens with zero attached hydrogens (tertiary/aromatic N) is 2. The molecule has 0 bridgehead atoms. The van der Waals surface area contributed by atoms with E-state index in [4.69, 9.17) is 4.74 Å². The zero-order chi connectivity index (χ0) is 17.0. The van der Waals surface area contributed by atoms with Crippen LogP contribution in [0.4, 0.5) is 4.79 Å². The second kappa shape index (κ2) is 7.64. The molecule has 130 valence electrons. The summed E-state index contributed by atoms with van der Waals surface area (Å²) in [5, 5.41) is 0. The molecule has 1 fully saturated rings. The van der Waals surface area contributed by atoms with Crippen LogP contribution in [0.15, 0.2) is 0 Å². The molecule has 0 unspecified atom stereocenters. The molecule has 0 spiro atoms. The van der Waals surface area contributed by atoms with Crippen molar-refractivity contribution in [2.24, 2.45) is 5.92 Å². The highest BCUT2D eigenvalue weighted by Gasteiger charge is 2.28. The summed E-state index contributed by atoms with van der Waals surface area (Å²) in [6.45, 7) is 9.21. The van der Waals surface area contributed by atoms with Gasteiger partial charge >= 0.3 is 6.09 Å². The normalized spacial score (nSPS) is 17.8. The van der Waals surface area contributed by atoms with Crippen molar-refractivity contribution in [3.05, 3.63) is 0 Å². The molecule has 1 heterocycles. The first-order valence-corrected chi connectivity index (χ1v) is 9.58. The standard InChI is InChI=1S/C15H30N2O4S/c1-6-11-22(19,20)16(5)12-13-7-9-17(10-8-13)14(18)21-15(2,3)4/h13H,6-12H2,1-5H3.